The highest BCUT2D eigenvalue weighted by Crippen LogP contribution is 2.47. The summed E-state index contributed by atoms with van der Waals surface area (Å²) in [5.41, 5.74) is 2.90. The van der Waals surface area contributed by atoms with E-state index in [1.54, 1.807) is 25.1 Å². The molecule has 2 aromatic rings. The molecule has 2 heterocycles. The third-order valence-electron chi connectivity index (χ3n) is 6.66. The van der Waals surface area contributed by atoms with Crippen LogP contribution in [-0.4, -0.2) is 48.0 Å². The number of piperidine rings is 1. The van der Waals surface area contributed by atoms with E-state index in [-0.39, 0.29) is 5.91 Å². The Kier molecular flexibility index (Phi) is 5.95. The lowest BCUT2D eigenvalue weighted by Gasteiger charge is -2.40. The normalized spacial score (nSPS) is 18.1. The maximum atomic E-state index is 13.0. The Morgan fingerprint density at radius 1 is 1.07 bits per heavy atom. The van der Waals surface area contributed by atoms with Crippen LogP contribution in [-0.2, 0) is 0 Å². The third-order valence-corrected chi connectivity index (χ3v) is 7.47. The summed E-state index contributed by atoms with van der Waals surface area (Å²) in [7, 11) is 3.48. The lowest BCUT2D eigenvalue weighted by Crippen LogP contribution is -2.41. The number of aryl methyl sites for hydroxylation is 1. The van der Waals surface area contributed by atoms with Crippen LogP contribution in [0.15, 0.2) is 18.2 Å². The first-order valence-corrected chi connectivity index (χ1v) is 11.4. The molecule has 5 nitrogen and oxygen atoms in total. The van der Waals surface area contributed by atoms with Crippen LogP contribution < -0.4 is 4.90 Å². The van der Waals surface area contributed by atoms with Crippen LogP contribution in [0.3, 0.4) is 0 Å². The van der Waals surface area contributed by atoms with E-state index in [9.17, 15) is 4.79 Å². The van der Waals surface area contributed by atoms with Crippen molar-refractivity contribution < 1.29 is 4.79 Å². The monoisotopic (exact) mass is 446 g/mol. The first-order valence-electron chi connectivity index (χ1n) is 10.6. The van der Waals surface area contributed by atoms with Crippen LogP contribution in [0.4, 0.5) is 5.82 Å². The number of benzene rings is 1. The number of halogens is 2. The summed E-state index contributed by atoms with van der Waals surface area (Å²) in [6, 6.07) is 5.43. The van der Waals surface area contributed by atoms with E-state index in [1.165, 1.54) is 25.7 Å². The van der Waals surface area contributed by atoms with Crippen molar-refractivity contribution >= 4 is 34.9 Å². The molecule has 0 unspecified atom stereocenters. The highest BCUT2D eigenvalue weighted by molar-refractivity contribution is 6.43. The molecule has 7 heteroatoms. The van der Waals surface area contributed by atoms with Crippen molar-refractivity contribution in [2.75, 3.05) is 32.1 Å². The number of amides is 1. The summed E-state index contributed by atoms with van der Waals surface area (Å²) in [5, 5.41) is 0.881. The summed E-state index contributed by atoms with van der Waals surface area (Å²) in [6.07, 6.45) is 7.68. The van der Waals surface area contributed by atoms with E-state index >= 15 is 0 Å². The molecule has 160 valence electrons. The largest absolute Gasteiger partial charge is 0.355 e. The van der Waals surface area contributed by atoms with Gasteiger partial charge in [0.15, 0.2) is 11.5 Å². The van der Waals surface area contributed by atoms with Crippen molar-refractivity contribution in [1.29, 1.82) is 0 Å². The molecular formula is C23H28Cl2N4O. The van der Waals surface area contributed by atoms with Crippen LogP contribution >= 0.6 is 23.2 Å². The molecule has 2 fully saturated rings. The predicted octanol–water partition coefficient (Wildman–Crippen LogP) is 5.62. The molecule has 0 N–H and O–H groups in total. The van der Waals surface area contributed by atoms with Crippen LogP contribution in [0.1, 0.15) is 54.7 Å². The Morgan fingerprint density at radius 3 is 2.37 bits per heavy atom. The zero-order valence-corrected chi connectivity index (χ0v) is 19.4. The zero-order valence-electron chi connectivity index (χ0n) is 17.8. The molecule has 1 amide bonds. The average Bonchev–Trinajstić information content (AvgIpc) is 3.18. The lowest BCUT2D eigenvalue weighted by molar-refractivity contribution is 0.0822. The van der Waals surface area contributed by atoms with Crippen LogP contribution in [0.2, 0.25) is 10.0 Å². The fourth-order valence-electron chi connectivity index (χ4n) is 4.84. The van der Waals surface area contributed by atoms with E-state index in [2.05, 4.69) is 4.90 Å². The number of carbonyl (C=O) groups is 1. The number of hydrogen-bond acceptors (Lipinski definition) is 4. The standard InChI is InChI=1S/C23H28Cl2N4O/c1-15-19(16-7-6-8-17(24)18(16)25)27-20(22(30)28(2)3)21(26-15)29-13-11-23(12-14-29)9-4-5-10-23/h6-8H,4-5,9-14H2,1-3H3. The van der Waals surface area contributed by atoms with Gasteiger partial charge < -0.3 is 9.80 Å². The number of anilines is 1. The molecule has 4 rings (SSSR count). The summed E-state index contributed by atoms with van der Waals surface area (Å²) in [4.78, 5) is 26.5. The smallest absolute Gasteiger partial charge is 0.275 e. The Labute approximate surface area is 188 Å². The molecule has 0 bridgehead atoms. The number of hydrogen-bond donors (Lipinski definition) is 0. The quantitative estimate of drug-likeness (QED) is 0.613. The van der Waals surface area contributed by atoms with E-state index in [4.69, 9.17) is 33.2 Å². The van der Waals surface area contributed by atoms with Gasteiger partial charge in [0.1, 0.15) is 0 Å². The highest BCUT2D eigenvalue weighted by atomic mass is 35.5. The molecule has 0 atom stereocenters. The number of carbonyl (C=O) groups excluding carboxylic acids is 1. The summed E-state index contributed by atoms with van der Waals surface area (Å²) < 4.78 is 0. The minimum absolute atomic E-state index is 0.155. The van der Waals surface area contributed by atoms with Crippen molar-refractivity contribution in [2.24, 2.45) is 5.41 Å². The fourth-order valence-corrected chi connectivity index (χ4v) is 5.23. The third kappa shape index (κ3) is 3.90. The topological polar surface area (TPSA) is 49.3 Å². The van der Waals surface area contributed by atoms with Crippen molar-refractivity contribution in [3.63, 3.8) is 0 Å². The lowest BCUT2D eigenvalue weighted by atomic mass is 9.77. The van der Waals surface area contributed by atoms with Gasteiger partial charge in [0.2, 0.25) is 0 Å². The molecule has 1 aliphatic heterocycles. The first-order chi connectivity index (χ1) is 14.3. The van der Waals surface area contributed by atoms with E-state index < -0.39 is 0 Å². The molecule has 1 aromatic heterocycles. The fraction of sp³-hybridized carbons (Fsp3) is 0.522. The molecule has 0 radical (unpaired) electrons. The van der Waals surface area contributed by atoms with Gasteiger partial charge in [-0.25, -0.2) is 9.97 Å². The Balaban J connectivity index is 1.74. The maximum absolute atomic E-state index is 13.0. The minimum atomic E-state index is -0.155. The number of aromatic nitrogens is 2. The van der Waals surface area contributed by atoms with Gasteiger partial charge in [-0.2, -0.15) is 0 Å². The van der Waals surface area contributed by atoms with Crippen molar-refractivity contribution in [3.05, 3.63) is 39.6 Å². The molecule has 1 spiro atoms. The second-order valence-corrected chi connectivity index (χ2v) is 9.61. The summed E-state index contributed by atoms with van der Waals surface area (Å²) >= 11 is 12.7. The Morgan fingerprint density at radius 2 is 1.73 bits per heavy atom. The highest BCUT2D eigenvalue weighted by Gasteiger charge is 2.38. The molecule has 1 aromatic carbocycles. The number of nitrogens with zero attached hydrogens (tertiary/aromatic N) is 4. The van der Waals surface area contributed by atoms with Gasteiger partial charge in [-0.15, -0.1) is 0 Å². The van der Waals surface area contributed by atoms with Gasteiger partial charge in [0.05, 0.1) is 21.4 Å². The number of rotatable bonds is 3. The molecule has 30 heavy (non-hydrogen) atoms. The van der Waals surface area contributed by atoms with Gasteiger partial charge in [-0.05, 0) is 44.1 Å². The summed E-state index contributed by atoms with van der Waals surface area (Å²) in [5.74, 6) is 0.527. The second-order valence-electron chi connectivity index (χ2n) is 8.82. The average molecular weight is 447 g/mol. The van der Waals surface area contributed by atoms with Gasteiger partial charge in [-0.1, -0.05) is 48.2 Å². The van der Waals surface area contributed by atoms with Gasteiger partial charge in [0, 0.05) is 32.7 Å². The molecule has 1 saturated heterocycles. The van der Waals surface area contributed by atoms with Crippen molar-refractivity contribution in [1.82, 2.24) is 14.9 Å². The van der Waals surface area contributed by atoms with Crippen LogP contribution in [0.5, 0.6) is 0 Å². The van der Waals surface area contributed by atoms with Crippen LogP contribution in [0, 0.1) is 12.3 Å². The van der Waals surface area contributed by atoms with Crippen molar-refractivity contribution in [3.8, 4) is 11.3 Å². The zero-order chi connectivity index (χ0) is 21.5. The SMILES string of the molecule is Cc1nc(N2CCC3(CCCC3)CC2)c(C(=O)N(C)C)nc1-c1cccc(Cl)c1Cl. The Bertz CT molecular complexity index is 960. The molecule has 1 saturated carbocycles. The van der Waals surface area contributed by atoms with E-state index in [1.807, 2.05) is 19.1 Å². The van der Waals surface area contributed by atoms with Gasteiger partial charge >= 0.3 is 0 Å². The van der Waals surface area contributed by atoms with E-state index in [0.29, 0.717) is 38.2 Å². The molecular weight excluding hydrogens is 419 g/mol. The van der Waals surface area contributed by atoms with E-state index in [0.717, 1.165) is 31.6 Å². The predicted molar refractivity (Wildman–Crippen MR) is 123 cm³/mol. The Hall–Kier alpha value is -1.85. The van der Waals surface area contributed by atoms with Gasteiger partial charge in [0.25, 0.3) is 5.91 Å². The summed E-state index contributed by atoms with van der Waals surface area (Å²) in [6.45, 7) is 3.74. The second kappa shape index (κ2) is 8.35. The minimum Gasteiger partial charge on any atom is -0.355 e. The van der Waals surface area contributed by atoms with Crippen molar-refractivity contribution in [2.45, 2.75) is 45.4 Å². The maximum Gasteiger partial charge on any atom is 0.275 e. The molecule has 2 aliphatic rings. The first kappa shape index (κ1) is 21.4. The molecule has 1 aliphatic carbocycles. The van der Waals surface area contributed by atoms with Gasteiger partial charge in [-0.3, -0.25) is 4.79 Å². The van der Waals surface area contributed by atoms with Crippen LogP contribution in [0.25, 0.3) is 11.3 Å².